The van der Waals surface area contributed by atoms with E-state index in [2.05, 4.69) is 10.3 Å². The third kappa shape index (κ3) is 2.09. The van der Waals surface area contributed by atoms with Gasteiger partial charge < -0.3 is 10.1 Å². The van der Waals surface area contributed by atoms with Crippen molar-refractivity contribution in [2.75, 3.05) is 12.4 Å². The Morgan fingerprint density at radius 2 is 2.27 bits per heavy atom. The molecule has 0 aliphatic carbocycles. The Hall–Kier alpha value is -2.28. The molecule has 0 fully saturated rings. The second kappa shape index (κ2) is 5.17. The Balaban J connectivity index is 1.61. The summed E-state index contributed by atoms with van der Waals surface area (Å²) in [7, 11) is 0. The van der Waals surface area contributed by atoms with E-state index >= 15 is 0 Å². The molecule has 0 saturated heterocycles. The minimum Gasteiger partial charge on any atom is -0.491 e. The number of nitrogens with one attached hydrogen (secondary N) is 1. The summed E-state index contributed by atoms with van der Waals surface area (Å²) in [6.45, 7) is 0.975. The molecule has 2 aliphatic heterocycles. The summed E-state index contributed by atoms with van der Waals surface area (Å²) >= 11 is 1.53. The third-order valence-corrected chi connectivity index (χ3v) is 4.78. The minimum absolute atomic E-state index is 0.0793. The predicted molar refractivity (Wildman–Crippen MR) is 81.4 cm³/mol. The molecule has 7 heteroatoms. The first-order valence-corrected chi connectivity index (χ1v) is 7.98. The molecule has 1 aromatic heterocycles. The van der Waals surface area contributed by atoms with Crippen molar-refractivity contribution in [2.24, 2.45) is 0 Å². The van der Waals surface area contributed by atoms with Gasteiger partial charge in [-0.15, -0.1) is 0 Å². The molecule has 2 aliphatic rings. The molecule has 2 aromatic rings. The van der Waals surface area contributed by atoms with Crippen LogP contribution in [0.25, 0.3) is 0 Å². The SMILES string of the molecule is O=C(N[C@@H]1COc2ccccc21)c1cnc2n(c1=O)CCS2. The molecule has 1 amide bonds. The van der Waals surface area contributed by atoms with E-state index in [9.17, 15) is 9.59 Å². The van der Waals surface area contributed by atoms with Gasteiger partial charge in [-0.2, -0.15) is 0 Å². The molecule has 0 bridgehead atoms. The number of carbonyl (C=O) groups excluding carboxylic acids is 1. The van der Waals surface area contributed by atoms with Crippen LogP contribution in [0, 0.1) is 0 Å². The Labute approximate surface area is 130 Å². The molecule has 1 aromatic carbocycles. The van der Waals surface area contributed by atoms with E-state index in [1.54, 1.807) is 4.57 Å². The molecule has 3 heterocycles. The number of ether oxygens (including phenoxy) is 1. The lowest BCUT2D eigenvalue weighted by Crippen LogP contribution is -2.36. The summed E-state index contributed by atoms with van der Waals surface area (Å²) < 4.78 is 7.09. The molecule has 22 heavy (non-hydrogen) atoms. The fourth-order valence-electron chi connectivity index (χ4n) is 2.69. The highest BCUT2D eigenvalue weighted by molar-refractivity contribution is 7.99. The van der Waals surface area contributed by atoms with Crippen molar-refractivity contribution >= 4 is 17.7 Å². The van der Waals surface area contributed by atoms with Gasteiger partial charge in [0.15, 0.2) is 5.16 Å². The monoisotopic (exact) mass is 315 g/mol. The number of amides is 1. The number of para-hydroxylation sites is 1. The summed E-state index contributed by atoms with van der Waals surface area (Å²) in [5.41, 5.74) is 0.732. The number of benzene rings is 1. The fraction of sp³-hybridized carbons (Fsp3) is 0.267. The average Bonchev–Trinajstić information content (AvgIpc) is 3.15. The van der Waals surface area contributed by atoms with E-state index in [4.69, 9.17) is 4.74 Å². The van der Waals surface area contributed by atoms with Crippen LogP contribution in [0.3, 0.4) is 0 Å². The number of nitrogens with zero attached hydrogens (tertiary/aromatic N) is 2. The van der Waals surface area contributed by atoms with Crippen LogP contribution < -0.4 is 15.6 Å². The van der Waals surface area contributed by atoms with Gasteiger partial charge in [0.2, 0.25) is 0 Å². The van der Waals surface area contributed by atoms with Crippen molar-refractivity contribution in [3.63, 3.8) is 0 Å². The number of carbonyl (C=O) groups is 1. The first-order chi connectivity index (χ1) is 10.7. The van der Waals surface area contributed by atoms with Crippen molar-refractivity contribution in [1.29, 1.82) is 0 Å². The maximum atomic E-state index is 12.4. The van der Waals surface area contributed by atoms with Gasteiger partial charge in [-0.25, -0.2) is 4.98 Å². The molecule has 0 unspecified atom stereocenters. The normalized spacial score (nSPS) is 18.5. The zero-order chi connectivity index (χ0) is 15.1. The number of hydrogen-bond donors (Lipinski definition) is 1. The highest BCUT2D eigenvalue weighted by atomic mass is 32.2. The second-order valence-electron chi connectivity index (χ2n) is 5.13. The molecule has 0 saturated carbocycles. The summed E-state index contributed by atoms with van der Waals surface area (Å²) in [5, 5.41) is 3.54. The van der Waals surface area contributed by atoms with Crippen LogP contribution >= 0.6 is 11.8 Å². The lowest BCUT2D eigenvalue weighted by atomic mass is 10.1. The highest BCUT2D eigenvalue weighted by Crippen LogP contribution is 2.31. The van der Waals surface area contributed by atoms with Crippen LogP contribution in [0.4, 0.5) is 0 Å². The van der Waals surface area contributed by atoms with Crippen LogP contribution in [-0.2, 0) is 6.54 Å². The molecule has 0 radical (unpaired) electrons. The molecule has 112 valence electrons. The summed E-state index contributed by atoms with van der Waals surface area (Å²) in [4.78, 5) is 28.9. The molecule has 4 rings (SSSR count). The van der Waals surface area contributed by atoms with E-state index < -0.39 is 5.91 Å². The second-order valence-corrected chi connectivity index (χ2v) is 6.20. The van der Waals surface area contributed by atoms with E-state index in [0.29, 0.717) is 18.3 Å². The van der Waals surface area contributed by atoms with E-state index in [-0.39, 0.29) is 17.2 Å². The Kier molecular flexibility index (Phi) is 3.15. The van der Waals surface area contributed by atoms with Crippen molar-refractivity contribution < 1.29 is 9.53 Å². The molecular formula is C15H13N3O3S. The lowest BCUT2D eigenvalue weighted by molar-refractivity contribution is 0.0927. The predicted octanol–water partition coefficient (Wildman–Crippen LogP) is 1.21. The summed E-state index contributed by atoms with van der Waals surface area (Å²) in [5.74, 6) is 1.18. The van der Waals surface area contributed by atoms with Gasteiger partial charge in [0.1, 0.15) is 17.9 Å². The molecule has 1 atom stereocenters. The van der Waals surface area contributed by atoms with Gasteiger partial charge in [0.25, 0.3) is 11.5 Å². The molecule has 1 N–H and O–H groups in total. The lowest BCUT2D eigenvalue weighted by Gasteiger charge is -2.12. The number of hydrogen-bond acceptors (Lipinski definition) is 5. The number of aromatic nitrogens is 2. The Bertz CT molecular complexity index is 818. The van der Waals surface area contributed by atoms with Crippen LogP contribution in [0.15, 0.2) is 40.4 Å². The number of rotatable bonds is 2. The van der Waals surface area contributed by atoms with Crippen molar-refractivity contribution in [3.8, 4) is 5.75 Å². The van der Waals surface area contributed by atoms with Gasteiger partial charge in [-0.1, -0.05) is 30.0 Å². The fourth-order valence-corrected chi connectivity index (χ4v) is 3.61. The van der Waals surface area contributed by atoms with Crippen LogP contribution in [0.5, 0.6) is 5.75 Å². The maximum Gasteiger partial charge on any atom is 0.267 e. The smallest absolute Gasteiger partial charge is 0.267 e. The van der Waals surface area contributed by atoms with Gasteiger partial charge in [0, 0.05) is 24.1 Å². The van der Waals surface area contributed by atoms with E-state index in [0.717, 1.165) is 17.1 Å². The quantitative estimate of drug-likeness (QED) is 0.843. The molecule has 0 spiro atoms. The van der Waals surface area contributed by atoms with E-state index in [1.807, 2.05) is 24.3 Å². The van der Waals surface area contributed by atoms with Gasteiger partial charge >= 0.3 is 0 Å². The topological polar surface area (TPSA) is 73.2 Å². The number of fused-ring (bicyclic) bond motifs is 2. The summed E-state index contributed by atoms with van der Waals surface area (Å²) in [6, 6.07) is 7.32. The van der Waals surface area contributed by atoms with Crippen LogP contribution in [0.2, 0.25) is 0 Å². The van der Waals surface area contributed by atoms with Crippen molar-refractivity contribution in [3.05, 3.63) is 51.9 Å². The van der Waals surface area contributed by atoms with Gasteiger partial charge in [-0.3, -0.25) is 14.2 Å². The summed E-state index contributed by atoms with van der Waals surface area (Å²) in [6.07, 6.45) is 1.36. The van der Waals surface area contributed by atoms with Gasteiger partial charge in [0.05, 0.1) is 6.04 Å². The first kappa shape index (κ1) is 13.4. The van der Waals surface area contributed by atoms with Crippen molar-refractivity contribution in [2.45, 2.75) is 17.7 Å². The minimum atomic E-state index is -0.407. The average molecular weight is 315 g/mol. The largest absolute Gasteiger partial charge is 0.491 e. The number of thioether (sulfide) groups is 1. The zero-order valence-electron chi connectivity index (χ0n) is 11.6. The van der Waals surface area contributed by atoms with Crippen molar-refractivity contribution in [1.82, 2.24) is 14.9 Å². The van der Waals surface area contributed by atoms with Crippen LogP contribution in [-0.4, -0.2) is 27.8 Å². The molecule has 6 nitrogen and oxygen atoms in total. The van der Waals surface area contributed by atoms with Crippen LogP contribution in [0.1, 0.15) is 22.0 Å². The molecular weight excluding hydrogens is 302 g/mol. The maximum absolute atomic E-state index is 12.4. The standard InChI is InChI=1S/C15H13N3O3S/c19-13(10-7-16-15-18(14(10)20)5-6-22-15)17-11-8-21-12-4-2-1-3-9(11)12/h1-4,7,11H,5-6,8H2,(H,17,19)/t11-/m1/s1. The first-order valence-electron chi connectivity index (χ1n) is 6.99. The van der Waals surface area contributed by atoms with E-state index in [1.165, 1.54) is 18.0 Å². The zero-order valence-corrected chi connectivity index (χ0v) is 12.4. The Morgan fingerprint density at radius 1 is 1.41 bits per heavy atom. The van der Waals surface area contributed by atoms with Gasteiger partial charge in [-0.05, 0) is 6.07 Å². The third-order valence-electron chi connectivity index (χ3n) is 3.81. The Morgan fingerprint density at radius 3 is 3.18 bits per heavy atom. The highest BCUT2D eigenvalue weighted by Gasteiger charge is 2.27.